The Morgan fingerprint density at radius 3 is 2.35 bits per heavy atom. The lowest BCUT2D eigenvalue weighted by Crippen LogP contribution is -2.18. The average Bonchev–Trinajstić information content (AvgIpc) is 2.37. The van der Waals surface area contributed by atoms with Crippen LogP contribution in [0.3, 0.4) is 0 Å². The number of nitrogens with zero attached hydrogens (tertiary/aromatic N) is 1. The number of rotatable bonds is 4. The monoisotopic (exact) mass is 290 g/mol. The highest BCUT2D eigenvalue weighted by Crippen LogP contribution is 2.20. The minimum Gasteiger partial charge on any atom is -0.328 e. The van der Waals surface area contributed by atoms with Crippen molar-refractivity contribution in [1.82, 2.24) is 4.98 Å². The number of nitrogens with two attached hydrogens (primary N) is 1. The first kappa shape index (κ1) is 14.7. The first-order chi connectivity index (χ1) is 9.36. The van der Waals surface area contributed by atoms with Gasteiger partial charge in [-0.25, -0.2) is 8.42 Å². The molecule has 0 radical (unpaired) electrons. The minimum absolute atomic E-state index is 0.0605. The van der Waals surface area contributed by atoms with Gasteiger partial charge in [0.2, 0.25) is 0 Å². The Morgan fingerprint density at radius 1 is 1.15 bits per heavy atom. The summed E-state index contributed by atoms with van der Waals surface area (Å²) in [5.41, 5.74) is 8.42. The Kier molecular flexibility index (Phi) is 4.20. The molecule has 1 heterocycles. The fourth-order valence-corrected chi connectivity index (χ4v) is 2.59. The molecule has 2 N–H and O–H groups in total. The second-order valence-corrected chi connectivity index (χ2v) is 7.01. The highest BCUT2D eigenvalue weighted by Gasteiger charge is 2.08. The molecule has 5 heteroatoms. The maximum Gasteiger partial charge on any atom is 0.175 e. The van der Waals surface area contributed by atoms with Gasteiger partial charge in [-0.1, -0.05) is 18.2 Å². The van der Waals surface area contributed by atoms with E-state index in [-0.39, 0.29) is 6.04 Å². The van der Waals surface area contributed by atoms with Gasteiger partial charge in [0.1, 0.15) is 0 Å². The average molecular weight is 290 g/mol. The van der Waals surface area contributed by atoms with Gasteiger partial charge in [0.25, 0.3) is 0 Å². The third kappa shape index (κ3) is 3.65. The molecule has 0 aliphatic heterocycles. The van der Waals surface area contributed by atoms with Gasteiger partial charge in [-0.2, -0.15) is 0 Å². The molecule has 0 saturated carbocycles. The maximum atomic E-state index is 11.4. The van der Waals surface area contributed by atoms with Crippen LogP contribution in [0, 0.1) is 0 Å². The topological polar surface area (TPSA) is 73.1 Å². The molecule has 0 bridgehead atoms. The van der Waals surface area contributed by atoms with Gasteiger partial charge in [0.15, 0.2) is 9.84 Å². The van der Waals surface area contributed by atoms with Crippen LogP contribution in [-0.2, 0) is 16.3 Å². The van der Waals surface area contributed by atoms with Crippen LogP contribution in [0.1, 0.15) is 12.6 Å². The van der Waals surface area contributed by atoms with Crippen LogP contribution < -0.4 is 5.73 Å². The highest BCUT2D eigenvalue weighted by molar-refractivity contribution is 7.90. The van der Waals surface area contributed by atoms with Crippen molar-refractivity contribution in [3.05, 3.63) is 48.2 Å². The third-order valence-corrected chi connectivity index (χ3v) is 4.04. The van der Waals surface area contributed by atoms with Crippen molar-refractivity contribution >= 4 is 9.84 Å². The maximum absolute atomic E-state index is 11.4. The Balaban J connectivity index is 2.32. The molecule has 0 aliphatic carbocycles. The van der Waals surface area contributed by atoms with Gasteiger partial charge in [0, 0.05) is 30.0 Å². The van der Waals surface area contributed by atoms with Crippen molar-refractivity contribution in [1.29, 1.82) is 0 Å². The van der Waals surface area contributed by atoms with E-state index in [9.17, 15) is 8.42 Å². The summed E-state index contributed by atoms with van der Waals surface area (Å²) in [6, 6.07) is 12.6. The van der Waals surface area contributed by atoms with E-state index in [1.165, 1.54) is 6.26 Å². The summed E-state index contributed by atoms with van der Waals surface area (Å²) in [5.74, 6) is 0. The SMILES string of the molecule is CC(N)Cc1cccc(-c2ccc(S(C)(=O)=O)cc2)n1. The lowest BCUT2D eigenvalue weighted by atomic mass is 10.1. The summed E-state index contributed by atoms with van der Waals surface area (Å²) in [7, 11) is -3.16. The fraction of sp³-hybridized carbons (Fsp3) is 0.267. The van der Waals surface area contributed by atoms with Crippen molar-refractivity contribution in [3.63, 3.8) is 0 Å². The number of pyridine rings is 1. The van der Waals surface area contributed by atoms with Gasteiger partial charge in [-0.15, -0.1) is 0 Å². The molecule has 1 aromatic heterocycles. The molecule has 106 valence electrons. The lowest BCUT2D eigenvalue weighted by molar-refractivity contribution is 0.602. The smallest absolute Gasteiger partial charge is 0.175 e. The summed E-state index contributed by atoms with van der Waals surface area (Å²) in [6.07, 6.45) is 1.92. The summed E-state index contributed by atoms with van der Waals surface area (Å²) in [6.45, 7) is 1.94. The molecule has 0 fully saturated rings. The van der Waals surface area contributed by atoms with Gasteiger partial charge < -0.3 is 5.73 Å². The second kappa shape index (κ2) is 5.73. The Bertz CT molecular complexity index is 692. The summed E-state index contributed by atoms with van der Waals surface area (Å²) < 4.78 is 22.9. The third-order valence-electron chi connectivity index (χ3n) is 2.92. The van der Waals surface area contributed by atoms with Crippen LogP contribution in [0.4, 0.5) is 0 Å². The zero-order chi connectivity index (χ0) is 14.8. The molecule has 2 aromatic rings. The molecule has 0 amide bonds. The first-order valence-electron chi connectivity index (χ1n) is 6.38. The van der Waals surface area contributed by atoms with Crippen LogP contribution >= 0.6 is 0 Å². The molecular weight excluding hydrogens is 272 g/mol. The molecule has 1 atom stereocenters. The highest BCUT2D eigenvalue weighted by atomic mass is 32.2. The number of sulfone groups is 1. The van der Waals surface area contributed by atoms with Crippen molar-refractivity contribution in [3.8, 4) is 11.3 Å². The number of hydrogen-bond donors (Lipinski definition) is 1. The van der Waals surface area contributed by atoms with E-state index >= 15 is 0 Å². The minimum atomic E-state index is -3.16. The molecule has 20 heavy (non-hydrogen) atoms. The molecular formula is C15H18N2O2S. The van der Waals surface area contributed by atoms with Gasteiger partial charge in [0.05, 0.1) is 10.6 Å². The van der Waals surface area contributed by atoms with E-state index in [1.54, 1.807) is 24.3 Å². The molecule has 1 unspecified atom stereocenters. The molecule has 0 spiro atoms. The van der Waals surface area contributed by atoms with Crippen LogP contribution in [0.5, 0.6) is 0 Å². The van der Waals surface area contributed by atoms with Crippen LogP contribution in [0.2, 0.25) is 0 Å². The van der Waals surface area contributed by atoms with E-state index in [4.69, 9.17) is 5.73 Å². The van der Waals surface area contributed by atoms with Crippen molar-refractivity contribution < 1.29 is 8.42 Å². The Morgan fingerprint density at radius 2 is 1.80 bits per heavy atom. The normalized spacial score (nSPS) is 13.2. The van der Waals surface area contributed by atoms with Gasteiger partial charge in [-0.3, -0.25) is 4.98 Å². The van der Waals surface area contributed by atoms with E-state index in [0.29, 0.717) is 4.90 Å². The first-order valence-corrected chi connectivity index (χ1v) is 8.27. The molecule has 4 nitrogen and oxygen atoms in total. The standard InChI is InChI=1S/C15H18N2O2S/c1-11(16)10-13-4-3-5-15(17-13)12-6-8-14(9-7-12)20(2,18)19/h3-9,11H,10,16H2,1-2H3. The van der Waals surface area contributed by atoms with E-state index in [0.717, 1.165) is 23.4 Å². The Hall–Kier alpha value is -1.72. The Labute approximate surface area is 119 Å². The van der Waals surface area contributed by atoms with Crippen LogP contribution in [-0.4, -0.2) is 25.7 Å². The van der Waals surface area contributed by atoms with Crippen molar-refractivity contribution in [2.24, 2.45) is 5.73 Å². The predicted octanol–water partition coefficient (Wildman–Crippen LogP) is 2.04. The van der Waals surface area contributed by atoms with Crippen molar-refractivity contribution in [2.75, 3.05) is 6.26 Å². The zero-order valence-corrected chi connectivity index (χ0v) is 12.4. The molecule has 2 rings (SSSR count). The number of hydrogen-bond acceptors (Lipinski definition) is 4. The van der Waals surface area contributed by atoms with Crippen molar-refractivity contribution in [2.45, 2.75) is 24.3 Å². The van der Waals surface area contributed by atoms with E-state index in [2.05, 4.69) is 4.98 Å². The van der Waals surface area contributed by atoms with E-state index in [1.807, 2.05) is 25.1 Å². The largest absolute Gasteiger partial charge is 0.328 e. The molecule has 0 saturated heterocycles. The molecule has 1 aromatic carbocycles. The summed E-state index contributed by atoms with van der Waals surface area (Å²) in [5, 5.41) is 0. The quantitative estimate of drug-likeness (QED) is 0.935. The second-order valence-electron chi connectivity index (χ2n) is 4.99. The summed E-state index contributed by atoms with van der Waals surface area (Å²) >= 11 is 0. The predicted molar refractivity (Wildman–Crippen MR) is 80.1 cm³/mol. The summed E-state index contributed by atoms with van der Waals surface area (Å²) in [4.78, 5) is 4.86. The lowest BCUT2D eigenvalue weighted by Gasteiger charge is -2.07. The number of benzene rings is 1. The van der Waals surface area contributed by atoms with Crippen LogP contribution in [0.15, 0.2) is 47.4 Å². The van der Waals surface area contributed by atoms with Gasteiger partial charge in [-0.05, 0) is 31.2 Å². The number of aromatic nitrogens is 1. The fourth-order valence-electron chi connectivity index (χ4n) is 1.96. The zero-order valence-electron chi connectivity index (χ0n) is 11.6. The van der Waals surface area contributed by atoms with Gasteiger partial charge >= 0.3 is 0 Å². The molecule has 0 aliphatic rings. The van der Waals surface area contributed by atoms with E-state index < -0.39 is 9.84 Å². The van der Waals surface area contributed by atoms with Crippen LogP contribution in [0.25, 0.3) is 11.3 Å².